The first-order valence-electron chi connectivity index (χ1n) is 10.4. The molecule has 0 radical (unpaired) electrons. The van der Waals surface area contributed by atoms with Crippen LogP contribution in [0.25, 0.3) is 10.2 Å². The normalized spacial score (nSPS) is 16.3. The van der Waals surface area contributed by atoms with Crippen LogP contribution in [0.1, 0.15) is 32.3 Å². The summed E-state index contributed by atoms with van der Waals surface area (Å²) in [5.41, 5.74) is 3.41. The Morgan fingerprint density at radius 1 is 1.17 bits per heavy atom. The highest BCUT2D eigenvalue weighted by Gasteiger charge is 2.25. The van der Waals surface area contributed by atoms with Crippen molar-refractivity contribution in [2.24, 2.45) is 0 Å². The molecule has 0 aliphatic carbocycles. The Hall–Kier alpha value is -2.16. The molecule has 1 aliphatic heterocycles. The lowest BCUT2D eigenvalue weighted by atomic mass is 10.1. The molecule has 0 saturated heterocycles. The molecule has 0 unspecified atom stereocenters. The number of rotatable bonds is 8. The summed E-state index contributed by atoms with van der Waals surface area (Å²) in [6, 6.07) is 13.8. The average Bonchev–Trinajstić information content (AvgIpc) is 3.21. The number of para-hydroxylation sites is 1. The first-order valence-corrected chi connectivity index (χ1v) is 12.7. The van der Waals surface area contributed by atoms with Crippen molar-refractivity contribution in [3.63, 3.8) is 0 Å². The van der Waals surface area contributed by atoms with Crippen LogP contribution >= 0.6 is 11.3 Å². The number of hydrogen-bond acceptors (Lipinski definition) is 5. The van der Waals surface area contributed by atoms with Gasteiger partial charge in [-0.25, -0.2) is 13.1 Å². The summed E-state index contributed by atoms with van der Waals surface area (Å²) in [4.78, 5) is 14.7. The Kier molecular flexibility index (Phi) is 5.99. The minimum absolute atomic E-state index is 0.0469. The minimum atomic E-state index is -3.61. The predicted octanol–water partition coefficient (Wildman–Crippen LogP) is 3.59. The number of hydrogen-bond donors (Lipinski definition) is 1. The first kappa shape index (κ1) is 21.1. The second-order valence-electron chi connectivity index (χ2n) is 7.78. The lowest BCUT2D eigenvalue weighted by molar-refractivity contribution is 0.575. The fourth-order valence-corrected chi connectivity index (χ4v) is 6.29. The van der Waals surface area contributed by atoms with Crippen molar-refractivity contribution in [1.82, 2.24) is 9.29 Å². The Morgan fingerprint density at radius 3 is 2.77 bits per heavy atom. The molecule has 160 valence electrons. The van der Waals surface area contributed by atoms with Gasteiger partial charge < -0.3 is 4.90 Å². The van der Waals surface area contributed by atoms with Gasteiger partial charge in [-0.3, -0.25) is 9.36 Å². The molecule has 2 aromatic carbocycles. The smallest absolute Gasteiger partial charge is 0.308 e. The first-order chi connectivity index (χ1) is 14.4. The summed E-state index contributed by atoms with van der Waals surface area (Å²) in [5.74, 6) is 0. The number of aryl methyl sites for hydroxylation is 1. The van der Waals surface area contributed by atoms with E-state index in [1.807, 2.05) is 13.0 Å². The van der Waals surface area contributed by atoms with E-state index in [-0.39, 0.29) is 9.77 Å². The molecule has 0 fully saturated rings. The van der Waals surface area contributed by atoms with Crippen LogP contribution in [0.4, 0.5) is 5.69 Å². The van der Waals surface area contributed by atoms with E-state index in [1.54, 1.807) is 22.8 Å². The van der Waals surface area contributed by atoms with Crippen molar-refractivity contribution in [1.29, 1.82) is 0 Å². The van der Waals surface area contributed by atoms with Crippen molar-refractivity contribution in [2.75, 3.05) is 18.0 Å². The standard InChI is InChI=1S/C22H27N3O3S2/c1-3-12-25-20-10-9-18(15-21(20)29-22(25)26)30(27,28)23-11-6-13-24-16(2)14-17-7-4-5-8-19(17)24/h4-5,7-10,15-16,23H,3,6,11-14H2,1-2H3/t16-/m0/s1. The van der Waals surface area contributed by atoms with E-state index in [9.17, 15) is 13.2 Å². The number of benzene rings is 2. The van der Waals surface area contributed by atoms with Crippen LogP contribution < -0.4 is 14.5 Å². The lowest BCUT2D eigenvalue weighted by Crippen LogP contribution is -2.33. The molecule has 2 heterocycles. The zero-order valence-corrected chi connectivity index (χ0v) is 18.9. The fourth-order valence-electron chi connectivity index (χ4n) is 4.16. The van der Waals surface area contributed by atoms with Crippen molar-refractivity contribution in [2.45, 2.75) is 50.6 Å². The predicted molar refractivity (Wildman–Crippen MR) is 123 cm³/mol. The zero-order chi connectivity index (χ0) is 21.3. The van der Waals surface area contributed by atoms with E-state index in [1.165, 1.54) is 11.3 Å². The summed E-state index contributed by atoms with van der Waals surface area (Å²) in [5, 5.41) is 0. The van der Waals surface area contributed by atoms with Crippen LogP contribution in [0, 0.1) is 0 Å². The Labute approximate surface area is 181 Å². The quantitative estimate of drug-likeness (QED) is 0.538. The Bertz CT molecular complexity index is 1210. The van der Waals surface area contributed by atoms with Gasteiger partial charge in [0.15, 0.2) is 0 Å². The van der Waals surface area contributed by atoms with Crippen LogP contribution in [0.2, 0.25) is 0 Å². The third-order valence-corrected chi connectivity index (χ3v) is 8.01. The SMILES string of the molecule is CCCn1c(=O)sc2cc(S(=O)(=O)NCCCN3c4ccccc4C[C@@H]3C)ccc21. The maximum absolute atomic E-state index is 12.7. The van der Waals surface area contributed by atoms with Crippen LogP contribution in [0.5, 0.6) is 0 Å². The highest BCUT2D eigenvalue weighted by atomic mass is 32.2. The van der Waals surface area contributed by atoms with Gasteiger partial charge in [0, 0.05) is 31.4 Å². The van der Waals surface area contributed by atoms with Crippen molar-refractivity contribution in [3.8, 4) is 0 Å². The molecule has 0 spiro atoms. The molecule has 6 nitrogen and oxygen atoms in total. The fraction of sp³-hybridized carbons (Fsp3) is 0.409. The van der Waals surface area contributed by atoms with Crippen molar-refractivity contribution >= 4 is 37.3 Å². The molecule has 0 saturated carbocycles. The summed E-state index contributed by atoms with van der Waals surface area (Å²) >= 11 is 1.10. The number of fused-ring (bicyclic) bond motifs is 2. The molecule has 8 heteroatoms. The van der Waals surface area contributed by atoms with Crippen molar-refractivity contribution < 1.29 is 8.42 Å². The zero-order valence-electron chi connectivity index (χ0n) is 17.3. The lowest BCUT2D eigenvalue weighted by Gasteiger charge is -2.24. The molecule has 4 rings (SSSR count). The van der Waals surface area contributed by atoms with Gasteiger partial charge in [-0.1, -0.05) is 36.5 Å². The van der Waals surface area contributed by atoms with E-state index < -0.39 is 10.0 Å². The number of nitrogens with zero attached hydrogens (tertiary/aromatic N) is 2. The maximum Gasteiger partial charge on any atom is 0.308 e. The van der Waals surface area contributed by atoms with Gasteiger partial charge >= 0.3 is 4.87 Å². The third kappa shape index (κ3) is 4.04. The van der Waals surface area contributed by atoms with Crippen molar-refractivity contribution in [3.05, 3.63) is 57.7 Å². The molecule has 0 bridgehead atoms. The van der Waals surface area contributed by atoms with E-state index in [0.29, 0.717) is 23.8 Å². The van der Waals surface area contributed by atoms with Gasteiger partial charge in [0.1, 0.15) is 0 Å². The molecule has 1 N–H and O–H groups in total. The van der Waals surface area contributed by atoms with Crippen LogP contribution in [-0.2, 0) is 23.0 Å². The topological polar surface area (TPSA) is 71.4 Å². The Balaban J connectivity index is 1.41. The van der Waals surface area contributed by atoms with Gasteiger partial charge in [0.05, 0.1) is 15.1 Å². The van der Waals surface area contributed by atoms with E-state index in [0.717, 1.165) is 42.7 Å². The maximum atomic E-state index is 12.7. The number of sulfonamides is 1. The average molecular weight is 446 g/mol. The van der Waals surface area contributed by atoms with E-state index in [4.69, 9.17) is 0 Å². The van der Waals surface area contributed by atoms with Gasteiger partial charge in [0.2, 0.25) is 10.0 Å². The summed E-state index contributed by atoms with van der Waals surface area (Å²) in [6.07, 6.45) is 2.61. The van der Waals surface area contributed by atoms with Gasteiger partial charge in [-0.15, -0.1) is 0 Å². The van der Waals surface area contributed by atoms with Gasteiger partial charge in [-0.2, -0.15) is 0 Å². The highest BCUT2D eigenvalue weighted by molar-refractivity contribution is 7.89. The van der Waals surface area contributed by atoms with Gasteiger partial charge in [-0.05, 0) is 56.0 Å². The minimum Gasteiger partial charge on any atom is -0.368 e. The second kappa shape index (κ2) is 8.53. The largest absolute Gasteiger partial charge is 0.368 e. The molecule has 0 amide bonds. The third-order valence-electron chi connectivity index (χ3n) is 5.61. The number of nitrogens with one attached hydrogen (secondary N) is 1. The number of anilines is 1. The second-order valence-corrected chi connectivity index (χ2v) is 10.5. The highest BCUT2D eigenvalue weighted by Crippen LogP contribution is 2.31. The molecule has 1 aliphatic rings. The molecule has 1 atom stereocenters. The van der Waals surface area contributed by atoms with Crippen LogP contribution in [0.3, 0.4) is 0 Å². The molecule has 1 aromatic heterocycles. The molecule has 3 aromatic rings. The van der Waals surface area contributed by atoms with E-state index >= 15 is 0 Å². The van der Waals surface area contributed by atoms with E-state index in [2.05, 4.69) is 34.7 Å². The molecular weight excluding hydrogens is 418 g/mol. The molecular formula is C22H27N3O3S2. The Morgan fingerprint density at radius 2 is 1.97 bits per heavy atom. The summed E-state index contributed by atoms with van der Waals surface area (Å²) in [7, 11) is -3.61. The number of thiazole rings is 1. The number of aromatic nitrogens is 1. The monoisotopic (exact) mass is 445 g/mol. The summed E-state index contributed by atoms with van der Waals surface area (Å²) < 4.78 is 30.6. The van der Waals surface area contributed by atoms with Crippen LogP contribution in [0.15, 0.2) is 52.2 Å². The van der Waals surface area contributed by atoms with Crippen LogP contribution in [-0.4, -0.2) is 32.1 Å². The molecule has 30 heavy (non-hydrogen) atoms. The summed E-state index contributed by atoms with van der Waals surface area (Å²) in [6.45, 7) is 6.04. The van der Waals surface area contributed by atoms with Gasteiger partial charge in [0.25, 0.3) is 0 Å².